The maximum atomic E-state index is 13.0. The van der Waals surface area contributed by atoms with Crippen molar-refractivity contribution < 1.29 is 33.5 Å². The van der Waals surface area contributed by atoms with E-state index < -0.39 is 48.6 Å². The van der Waals surface area contributed by atoms with Gasteiger partial charge in [-0.3, -0.25) is 9.59 Å². The van der Waals surface area contributed by atoms with E-state index in [2.05, 4.69) is 0 Å². The molecule has 3 aliphatic heterocycles. The number of aliphatic hydroxyl groups excluding tert-OH is 1. The van der Waals surface area contributed by atoms with Crippen molar-refractivity contribution in [3.8, 4) is 0 Å². The summed E-state index contributed by atoms with van der Waals surface area (Å²) in [5.41, 5.74) is 5.37. The van der Waals surface area contributed by atoms with Crippen molar-refractivity contribution in [2.45, 2.75) is 43.7 Å². The fraction of sp³-hybridized carbons (Fsp3) is 0.722. The van der Waals surface area contributed by atoms with Gasteiger partial charge in [-0.25, -0.2) is 4.39 Å². The number of alkyl halides is 1. The zero-order valence-electron chi connectivity index (χ0n) is 16.1. The average Bonchev–Trinajstić information content (AvgIpc) is 3.02. The molecule has 0 aromatic carbocycles. The number of quaternary nitrogens is 1. The molecule has 0 aromatic heterocycles. The quantitative estimate of drug-likeness (QED) is 0.389. The van der Waals surface area contributed by atoms with Crippen molar-refractivity contribution >= 4 is 29.5 Å². The predicted octanol–water partition coefficient (Wildman–Crippen LogP) is -1.42. The molecule has 0 aromatic rings. The van der Waals surface area contributed by atoms with E-state index in [1.54, 1.807) is 7.05 Å². The van der Waals surface area contributed by atoms with E-state index in [-0.39, 0.29) is 27.9 Å². The summed E-state index contributed by atoms with van der Waals surface area (Å²) in [6.07, 6.45) is -0.468. The number of carbonyl (C=O) groups is 3. The van der Waals surface area contributed by atoms with Crippen LogP contribution in [-0.4, -0.2) is 82.5 Å². The summed E-state index contributed by atoms with van der Waals surface area (Å²) in [6.45, 7) is 3.39. The number of likely N-dealkylation sites (tertiary alicyclic amines) is 1. The van der Waals surface area contributed by atoms with Crippen molar-refractivity contribution in [1.82, 2.24) is 4.90 Å². The summed E-state index contributed by atoms with van der Waals surface area (Å²) in [5, 5.41) is 21.5. The summed E-state index contributed by atoms with van der Waals surface area (Å²) in [6, 6.07) is -0.955. The molecule has 0 saturated carbocycles. The van der Waals surface area contributed by atoms with E-state index in [9.17, 15) is 29.0 Å². The molecular formula is C18H26FN3O5S. The molecule has 156 valence electrons. The molecule has 28 heavy (non-hydrogen) atoms. The summed E-state index contributed by atoms with van der Waals surface area (Å²) in [5.74, 6) is -3.26. The van der Waals surface area contributed by atoms with Crippen LogP contribution >= 0.6 is 11.8 Å². The van der Waals surface area contributed by atoms with Gasteiger partial charge in [0, 0.05) is 17.2 Å². The van der Waals surface area contributed by atoms with Gasteiger partial charge in [0.15, 0.2) is 6.04 Å². The number of amides is 2. The van der Waals surface area contributed by atoms with Crippen LogP contribution in [0.1, 0.15) is 20.3 Å². The lowest BCUT2D eigenvalue weighted by molar-refractivity contribution is -0.911. The molecule has 2 fully saturated rings. The first-order valence-corrected chi connectivity index (χ1v) is 10.2. The van der Waals surface area contributed by atoms with Crippen molar-refractivity contribution in [3.05, 3.63) is 10.6 Å². The first-order valence-electron chi connectivity index (χ1n) is 9.36. The van der Waals surface area contributed by atoms with E-state index in [1.165, 1.54) is 23.6 Å². The van der Waals surface area contributed by atoms with E-state index in [1.807, 2.05) is 6.92 Å². The topological polar surface area (TPSA) is 124 Å². The van der Waals surface area contributed by atoms with Gasteiger partial charge in [0.2, 0.25) is 5.91 Å². The van der Waals surface area contributed by atoms with Gasteiger partial charge in [-0.05, 0) is 6.92 Å². The van der Waals surface area contributed by atoms with E-state index in [4.69, 9.17) is 5.73 Å². The molecule has 0 aliphatic carbocycles. The van der Waals surface area contributed by atoms with Crippen LogP contribution in [0, 0.1) is 11.8 Å². The molecule has 1 unspecified atom stereocenters. The van der Waals surface area contributed by atoms with Gasteiger partial charge in [0.1, 0.15) is 13.2 Å². The first-order chi connectivity index (χ1) is 13.0. The lowest BCUT2D eigenvalue weighted by Gasteiger charge is -2.47. The van der Waals surface area contributed by atoms with Gasteiger partial charge in [-0.2, -0.15) is 0 Å². The number of nitrogens with two attached hydrogens (primary N) is 1. The van der Waals surface area contributed by atoms with E-state index in [0.29, 0.717) is 17.9 Å². The molecule has 8 nitrogen and oxygen atoms in total. The summed E-state index contributed by atoms with van der Waals surface area (Å²) in [4.78, 5) is 37.8. The first kappa shape index (κ1) is 21.1. The van der Waals surface area contributed by atoms with Crippen LogP contribution in [0.4, 0.5) is 4.39 Å². The molecule has 2 amide bonds. The third kappa shape index (κ3) is 3.11. The maximum Gasteiger partial charge on any atom is 0.275 e. The fourth-order valence-corrected chi connectivity index (χ4v) is 6.67. The molecular weight excluding hydrogens is 389 g/mol. The molecule has 0 bridgehead atoms. The van der Waals surface area contributed by atoms with Crippen LogP contribution in [0.3, 0.4) is 0 Å². The minimum Gasteiger partial charge on any atom is -0.543 e. The third-order valence-electron chi connectivity index (χ3n) is 6.38. The number of primary amides is 1. The monoisotopic (exact) mass is 415 g/mol. The average molecular weight is 415 g/mol. The lowest BCUT2D eigenvalue weighted by atomic mass is 9.79. The number of aliphatic carboxylic acids is 1. The smallest absolute Gasteiger partial charge is 0.275 e. The Labute approximate surface area is 167 Å². The number of halogens is 1. The fourth-order valence-electron chi connectivity index (χ4n) is 4.97. The number of nitrogens with zero attached hydrogens (tertiary/aromatic N) is 2. The molecule has 3 heterocycles. The zero-order chi connectivity index (χ0) is 21.0. The number of carboxylic acids is 1. The second-order valence-corrected chi connectivity index (χ2v) is 9.56. The molecule has 3 rings (SSSR count). The van der Waals surface area contributed by atoms with Gasteiger partial charge in [-0.15, -0.1) is 11.8 Å². The number of rotatable bonds is 7. The minimum absolute atomic E-state index is 0.139. The standard InChI is InChI=1S/C18H26FN3O5S/c1-8-13-12(9(2)23)17(25)21(13)14(18(26)27)15(8)28-10-6-11(16(20)24)22(3,7-10)5-4-19/h8-13,23H,4-7H2,1-3H3,(H2-,20,24,26,27)/t8-,9-,10+,11+,12-,13-,22?/m1/s1. The largest absolute Gasteiger partial charge is 0.543 e. The Balaban J connectivity index is 1.86. The molecule has 0 spiro atoms. The summed E-state index contributed by atoms with van der Waals surface area (Å²) in [7, 11) is 1.78. The van der Waals surface area contributed by atoms with Crippen LogP contribution in [0.5, 0.6) is 0 Å². The highest BCUT2D eigenvalue weighted by Gasteiger charge is 2.59. The summed E-state index contributed by atoms with van der Waals surface area (Å²) < 4.78 is 13.2. The maximum absolute atomic E-state index is 13.0. The zero-order valence-corrected chi connectivity index (χ0v) is 16.9. The van der Waals surface area contributed by atoms with Crippen molar-refractivity contribution in [2.75, 3.05) is 26.8 Å². The number of β-lactam (4-membered cyclic amide) rings is 1. The Kier molecular flexibility index (Phi) is 5.50. The van der Waals surface area contributed by atoms with Gasteiger partial charge >= 0.3 is 0 Å². The number of hydrogen-bond acceptors (Lipinski definition) is 6. The van der Waals surface area contributed by atoms with Gasteiger partial charge < -0.3 is 30.1 Å². The number of likely N-dealkylation sites (N-methyl/N-ethyl adjacent to an activating group) is 1. The third-order valence-corrected chi connectivity index (χ3v) is 7.87. The Morgan fingerprint density at radius 1 is 1.50 bits per heavy atom. The Morgan fingerprint density at radius 2 is 2.14 bits per heavy atom. The molecule has 3 N–H and O–H groups in total. The SMILES string of the molecule is C[C@@H](O)[C@H]1C(=O)N2C(C(=O)[O-])=C(S[C@H]3C[C@@H](C(N)=O)[N+](C)(CCF)C3)[C@H](C)[C@H]12. The number of hydrogen-bond donors (Lipinski definition) is 2. The number of carbonyl (C=O) groups excluding carboxylic acids is 3. The molecule has 2 saturated heterocycles. The molecule has 3 aliphatic rings. The second kappa shape index (κ2) is 7.31. The minimum atomic E-state index is -1.43. The highest BCUT2D eigenvalue weighted by atomic mass is 32.2. The van der Waals surface area contributed by atoms with Crippen molar-refractivity contribution in [3.63, 3.8) is 0 Å². The Hall–Kier alpha value is -1.65. The number of carboxylic acid groups (broad SMARTS) is 1. The van der Waals surface area contributed by atoms with Gasteiger partial charge in [0.05, 0.1) is 48.6 Å². The van der Waals surface area contributed by atoms with E-state index >= 15 is 0 Å². The number of aliphatic hydroxyl groups is 1. The second-order valence-electron chi connectivity index (χ2n) is 8.22. The van der Waals surface area contributed by atoms with Crippen LogP contribution in [-0.2, 0) is 14.4 Å². The molecule has 0 radical (unpaired) electrons. The van der Waals surface area contributed by atoms with Gasteiger partial charge in [0.25, 0.3) is 5.91 Å². The number of thioether (sulfide) groups is 1. The lowest BCUT2D eigenvalue weighted by Crippen LogP contribution is -2.64. The molecule has 7 atom stereocenters. The van der Waals surface area contributed by atoms with Crippen LogP contribution < -0.4 is 10.8 Å². The highest BCUT2D eigenvalue weighted by Crippen LogP contribution is 2.52. The van der Waals surface area contributed by atoms with Crippen LogP contribution in [0.25, 0.3) is 0 Å². The molecule has 10 heteroatoms. The van der Waals surface area contributed by atoms with Crippen LogP contribution in [0.2, 0.25) is 0 Å². The van der Waals surface area contributed by atoms with Crippen LogP contribution in [0.15, 0.2) is 10.6 Å². The predicted molar refractivity (Wildman–Crippen MR) is 97.9 cm³/mol. The normalized spacial score (nSPS) is 38.4. The van der Waals surface area contributed by atoms with Crippen molar-refractivity contribution in [1.29, 1.82) is 0 Å². The van der Waals surface area contributed by atoms with Crippen molar-refractivity contribution in [2.24, 2.45) is 17.6 Å². The highest BCUT2D eigenvalue weighted by molar-refractivity contribution is 8.03. The number of fused-ring (bicyclic) bond motifs is 1. The van der Waals surface area contributed by atoms with E-state index in [0.717, 1.165) is 0 Å². The van der Waals surface area contributed by atoms with Gasteiger partial charge in [-0.1, -0.05) is 6.92 Å². The summed E-state index contributed by atoms with van der Waals surface area (Å²) >= 11 is 1.31. The Bertz CT molecular complexity index is 745. The Morgan fingerprint density at radius 3 is 2.64 bits per heavy atom.